The van der Waals surface area contributed by atoms with Gasteiger partial charge in [0, 0.05) is 44.0 Å². The quantitative estimate of drug-likeness (QED) is 0.561. The van der Waals surface area contributed by atoms with E-state index in [0.717, 1.165) is 24.2 Å². The molecule has 1 aromatic heterocycles. The summed E-state index contributed by atoms with van der Waals surface area (Å²) in [5, 5.41) is 3.05. The Kier molecular flexibility index (Phi) is 7.24. The number of hydrogen-bond acceptors (Lipinski definition) is 7. The molecule has 0 saturated carbocycles. The molecule has 0 aliphatic carbocycles. The summed E-state index contributed by atoms with van der Waals surface area (Å²) in [6, 6.07) is 15.1. The maximum atomic E-state index is 12.7. The highest BCUT2D eigenvalue weighted by Crippen LogP contribution is 2.32. The third-order valence-electron chi connectivity index (χ3n) is 5.67. The SMILES string of the molecule is COc1cccc(CNC(=O)C2CCN(c3nccnc3Oc3cccc(OC)c3)CC2)c1. The number of nitrogens with zero attached hydrogens (tertiary/aromatic N) is 3. The largest absolute Gasteiger partial charge is 0.497 e. The molecule has 2 heterocycles. The van der Waals surface area contributed by atoms with Crippen LogP contribution in [0.3, 0.4) is 0 Å². The van der Waals surface area contributed by atoms with Crippen molar-refractivity contribution in [2.24, 2.45) is 5.92 Å². The topological polar surface area (TPSA) is 85.8 Å². The van der Waals surface area contributed by atoms with Crippen LogP contribution in [0, 0.1) is 5.92 Å². The first-order chi connectivity index (χ1) is 16.2. The van der Waals surface area contributed by atoms with E-state index in [2.05, 4.69) is 20.2 Å². The van der Waals surface area contributed by atoms with Crippen LogP contribution in [0.15, 0.2) is 60.9 Å². The van der Waals surface area contributed by atoms with Crippen LogP contribution >= 0.6 is 0 Å². The summed E-state index contributed by atoms with van der Waals surface area (Å²) < 4.78 is 16.5. The number of carbonyl (C=O) groups excluding carboxylic acids is 1. The van der Waals surface area contributed by atoms with E-state index in [9.17, 15) is 4.79 Å². The zero-order valence-corrected chi connectivity index (χ0v) is 18.9. The first-order valence-corrected chi connectivity index (χ1v) is 10.9. The van der Waals surface area contributed by atoms with Crippen LogP contribution in [0.2, 0.25) is 0 Å². The molecule has 1 aliphatic heterocycles. The van der Waals surface area contributed by atoms with E-state index in [1.54, 1.807) is 32.7 Å². The summed E-state index contributed by atoms with van der Waals surface area (Å²) in [5.74, 6) is 3.27. The van der Waals surface area contributed by atoms with Gasteiger partial charge in [-0.15, -0.1) is 0 Å². The van der Waals surface area contributed by atoms with E-state index >= 15 is 0 Å². The van der Waals surface area contributed by atoms with Crippen molar-refractivity contribution in [3.63, 3.8) is 0 Å². The second kappa shape index (κ2) is 10.7. The van der Waals surface area contributed by atoms with Crippen LogP contribution in [0.25, 0.3) is 0 Å². The van der Waals surface area contributed by atoms with E-state index < -0.39 is 0 Å². The summed E-state index contributed by atoms with van der Waals surface area (Å²) in [6.45, 7) is 1.88. The molecule has 172 valence electrons. The highest BCUT2D eigenvalue weighted by Gasteiger charge is 2.27. The van der Waals surface area contributed by atoms with Gasteiger partial charge in [-0.3, -0.25) is 4.79 Å². The Labute approximate surface area is 193 Å². The number of piperidine rings is 1. The number of aromatic nitrogens is 2. The Hall–Kier alpha value is -3.81. The number of anilines is 1. The van der Waals surface area contributed by atoms with Crippen LogP contribution in [-0.4, -0.2) is 43.2 Å². The molecule has 1 N–H and O–H groups in total. The summed E-state index contributed by atoms with van der Waals surface area (Å²) in [4.78, 5) is 23.7. The molecule has 1 aliphatic rings. The van der Waals surface area contributed by atoms with Crippen molar-refractivity contribution in [1.29, 1.82) is 0 Å². The van der Waals surface area contributed by atoms with E-state index in [1.165, 1.54) is 0 Å². The Balaban J connectivity index is 1.34. The van der Waals surface area contributed by atoms with Gasteiger partial charge in [0.2, 0.25) is 5.91 Å². The fourth-order valence-electron chi connectivity index (χ4n) is 3.85. The van der Waals surface area contributed by atoms with Crippen molar-refractivity contribution in [3.8, 4) is 23.1 Å². The average molecular weight is 449 g/mol. The van der Waals surface area contributed by atoms with Gasteiger partial charge in [0.25, 0.3) is 5.88 Å². The van der Waals surface area contributed by atoms with E-state index in [0.29, 0.717) is 42.8 Å². The number of carbonyl (C=O) groups is 1. The van der Waals surface area contributed by atoms with Crippen LogP contribution in [0.4, 0.5) is 5.82 Å². The summed E-state index contributed by atoms with van der Waals surface area (Å²) in [7, 11) is 3.25. The second-order valence-electron chi connectivity index (χ2n) is 7.80. The third kappa shape index (κ3) is 5.71. The molecule has 0 radical (unpaired) electrons. The molecule has 8 heteroatoms. The minimum atomic E-state index is -0.0358. The molecule has 1 fully saturated rings. The van der Waals surface area contributed by atoms with Crippen LogP contribution in [-0.2, 0) is 11.3 Å². The fraction of sp³-hybridized carbons (Fsp3) is 0.320. The van der Waals surface area contributed by atoms with Crippen molar-refractivity contribution in [1.82, 2.24) is 15.3 Å². The molecule has 1 saturated heterocycles. The van der Waals surface area contributed by atoms with Crippen molar-refractivity contribution in [3.05, 3.63) is 66.5 Å². The number of ether oxygens (including phenoxy) is 3. The van der Waals surface area contributed by atoms with E-state index in [4.69, 9.17) is 14.2 Å². The highest BCUT2D eigenvalue weighted by atomic mass is 16.5. The lowest BCUT2D eigenvalue weighted by molar-refractivity contribution is -0.125. The van der Waals surface area contributed by atoms with Crippen molar-refractivity contribution in [2.45, 2.75) is 19.4 Å². The third-order valence-corrected chi connectivity index (χ3v) is 5.67. The smallest absolute Gasteiger partial charge is 0.263 e. The van der Waals surface area contributed by atoms with Gasteiger partial charge in [-0.05, 0) is 42.7 Å². The average Bonchev–Trinajstić information content (AvgIpc) is 2.88. The first kappa shape index (κ1) is 22.4. The van der Waals surface area contributed by atoms with E-state index in [1.807, 2.05) is 42.5 Å². The van der Waals surface area contributed by atoms with Gasteiger partial charge in [-0.1, -0.05) is 18.2 Å². The number of methoxy groups -OCH3 is 2. The van der Waals surface area contributed by atoms with Crippen LogP contribution < -0.4 is 24.4 Å². The minimum absolute atomic E-state index is 0.0358. The minimum Gasteiger partial charge on any atom is -0.497 e. The summed E-state index contributed by atoms with van der Waals surface area (Å²) in [6.07, 6.45) is 4.73. The monoisotopic (exact) mass is 448 g/mol. The summed E-state index contributed by atoms with van der Waals surface area (Å²) in [5.41, 5.74) is 1.01. The maximum absolute atomic E-state index is 12.7. The Morgan fingerprint density at radius 2 is 1.64 bits per heavy atom. The lowest BCUT2D eigenvalue weighted by Crippen LogP contribution is -2.40. The molecule has 1 amide bonds. The maximum Gasteiger partial charge on any atom is 0.263 e. The van der Waals surface area contributed by atoms with Crippen LogP contribution in [0.1, 0.15) is 18.4 Å². The second-order valence-corrected chi connectivity index (χ2v) is 7.80. The molecule has 2 aromatic carbocycles. The van der Waals surface area contributed by atoms with Crippen molar-refractivity contribution in [2.75, 3.05) is 32.2 Å². The van der Waals surface area contributed by atoms with Gasteiger partial charge in [0.15, 0.2) is 5.82 Å². The van der Waals surface area contributed by atoms with E-state index in [-0.39, 0.29) is 11.8 Å². The molecule has 4 rings (SSSR count). The number of benzene rings is 2. The molecule has 0 spiro atoms. The van der Waals surface area contributed by atoms with Gasteiger partial charge in [0.05, 0.1) is 14.2 Å². The molecular weight excluding hydrogens is 420 g/mol. The van der Waals surface area contributed by atoms with Crippen molar-refractivity contribution >= 4 is 11.7 Å². The van der Waals surface area contributed by atoms with Gasteiger partial charge in [0.1, 0.15) is 17.2 Å². The molecule has 0 unspecified atom stereocenters. The number of amides is 1. The zero-order valence-electron chi connectivity index (χ0n) is 18.9. The highest BCUT2D eigenvalue weighted by molar-refractivity contribution is 5.79. The normalized spacial score (nSPS) is 13.9. The predicted octanol–water partition coefficient (Wildman–Crippen LogP) is 3.82. The fourth-order valence-corrected chi connectivity index (χ4v) is 3.85. The Bertz CT molecular complexity index is 1080. The molecule has 0 bridgehead atoms. The number of rotatable bonds is 8. The lowest BCUT2D eigenvalue weighted by Gasteiger charge is -2.32. The molecule has 3 aromatic rings. The Morgan fingerprint density at radius 1 is 0.970 bits per heavy atom. The predicted molar refractivity (Wildman–Crippen MR) is 125 cm³/mol. The first-order valence-electron chi connectivity index (χ1n) is 10.9. The van der Waals surface area contributed by atoms with Crippen molar-refractivity contribution < 1.29 is 19.0 Å². The van der Waals surface area contributed by atoms with Gasteiger partial charge >= 0.3 is 0 Å². The zero-order chi connectivity index (χ0) is 23.0. The number of nitrogens with one attached hydrogen (secondary N) is 1. The van der Waals surface area contributed by atoms with Gasteiger partial charge < -0.3 is 24.4 Å². The molecule has 33 heavy (non-hydrogen) atoms. The lowest BCUT2D eigenvalue weighted by atomic mass is 9.96. The molecular formula is C25H28N4O4. The van der Waals surface area contributed by atoms with Crippen LogP contribution in [0.5, 0.6) is 23.1 Å². The standard InChI is InChI=1S/C25H28N4O4/c1-31-20-6-3-5-18(15-20)17-28-24(30)19-9-13-29(14-10-19)23-25(27-12-11-26-23)33-22-8-4-7-21(16-22)32-2/h3-8,11-12,15-16,19H,9-10,13-14,17H2,1-2H3,(H,28,30). The number of hydrogen-bond donors (Lipinski definition) is 1. The van der Waals surface area contributed by atoms with Gasteiger partial charge in [-0.25, -0.2) is 9.97 Å². The van der Waals surface area contributed by atoms with Gasteiger partial charge in [-0.2, -0.15) is 0 Å². The molecule has 8 nitrogen and oxygen atoms in total. The molecule has 0 atom stereocenters. The summed E-state index contributed by atoms with van der Waals surface area (Å²) >= 11 is 0. The Morgan fingerprint density at radius 3 is 2.39 bits per heavy atom.